The van der Waals surface area contributed by atoms with E-state index in [1.807, 2.05) is 0 Å². The van der Waals surface area contributed by atoms with Crippen LogP contribution in [0.15, 0.2) is 29.6 Å². The smallest absolute Gasteiger partial charge is 0.255 e. The number of amides is 1. The van der Waals surface area contributed by atoms with Gasteiger partial charge in [0.2, 0.25) is 10.0 Å². The number of pyridine rings is 1. The normalized spacial score (nSPS) is 16.8. The Hall–Kier alpha value is -1.80. The Labute approximate surface area is 136 Å². The number of hydrogen-bond donors (Lipinski definition) is 1. The topological polar surface area (TPSA) is 91.7 Å². The maximum atomic E-state index is 12.0. The number of nitrogens with zero attached hydrogens (tertiary/aromatic N) is 3. The molecule has 0 radical (unpaired) electrons. The number of nitrogens with one attached hydrogen (secondary N) is 1. The lowest BCUT2D eigenvalue weighted by Gasteiger charge is -2.31. The summed E-state index contributed by atoms with van der Waals surface area (Å²) in [5.74, 6) is -0.439. The molecule has 8 heteroatoms. The summed E-state index contributed by atoms with van der Waals surface area (Å²) in [6.45, 7) is -0.197. The largest absolute Gasteiger partial charge is 0.272 e. The van der Waals surface area contributed by atoms with Crippen molar-refractivity contribution in [2.24, 2.45) is 5.10 Å². The van der Waals surface area contributed by atoms with E-state index in [-0.39, 0.29) is 12.6 Å². The van der Waals surface area contributed by atoms with Gasteiger partial charge in [0.05, 0.1) is 19.0 Å². The third-order valence-electron chi connectivity index (χ3n) is 3.82. The fourth-order valence-electron chi connectivity index (χ4n) is 2.69. The average Bonchev–Trinajstić information content (AvgIpc) is 2.53. The maximum Gasteiger partial charge on any atom is 0.255 e. The molecule has 1 N–H and O–H groups in total. The van der Waals surface area contributed by atoms with E-state index in [1.54, 1.807) is 24.5 Å². The van der Waals surface area contributed by atoms with Gasteiger partial charge >= 0.3 is 0 Å². The summed E-state index contributed by atoms with van der Waals surface area (Å²) in [7, 11) is -3.42. The first-order chi connectivity index (χ1) is 11.0. The van der Waals surface area contributed by atoms with Crippen molar-refractivity contribution >= 4 is 22.1 Å². The Kier molecular flexibility index (Phi) is 6.23. The minimum absolute atomic E-state index is 0.0892. The van der Waals surface area contributed by atoms with E-state index in [0.717, 1.165) is 43.9 Å². The fourth-order valence-corrected chi connectivity index (χ4v) is 3.80. The van der Waals surface area contributed by atoms with Crippen molar-refractivity contribution < 1.29 is 13.2 Å². The minimum Gasteiger partial charge on any atom is -0.272 e. The molecule has 23 heavy (non-hydrogen) atoms. The summed E-state index contributed by atoms with van der Waals surface area (Å²) in [5.41, 5.74) is 3.18. The van der Waals surface area contributed by atoms with Gasteiger partial charge in [-0.3, -0.25) is 9.78 Å². The summed E-state index contributed by atoms with van der Waals surface area (Å²) in [4.78, 5) is 15.9. The highest BCUT2D eigenvalue weighted by molar-refractivity contribution is 7.88. The van der Waals surface area contributed by atoms with Crippen LogP contribution in [0.3, 0.4) is 0 Å². The van der Waals surface area contributed by atoms with E-state index >= 15 is 0 Å². The van der Waals surface area contributed by atoms with Gasteiger partial charge < -0.3 is 0 Å². The molecule has 126 valence electrons. The van der Waals surface area contributed by atoms with Gasteiger partial charge in [-0.25, -0.2) is 13.8 Å². The molecule has 0 saturated heterocycles. The van der Waals surface area contributed by atoms with Gasteiger partial charge in [0.25, 0.3) is 5.91 Å². The first-order valence-electron chi connectivity index (χ1n) is 7.65. The highest BCUT2D eigenvalue weighted by Crippen LogP contribution is 2.24. The number of hydrogen-bond acceptors (Lipinski definition) is 5. The standard InChI is InChI=1S/C15H22N4O3S/c1-23(21,22)19(14-5-3-2-4-6-14)12-15(20)18-17-11-13-7-9-16-10-8-13/h7-11,14H,2-6,12H2,1H3,(H,18,20)/b17-11+. The molecule has 1 aromatic rings. The molecule has 0 atom stereocenters. The molecule has 1 saturated carbocycles. The van der Waals surface area contributed by atoms with Gasteiger partial charge in [-0.15, -0.1) is 0 Å². The van der Waals surface area contributed by atoms with Crippen molar-refractivity contribution in [3.63, 3.8) is 0 Å². The third kappa shape index (κ3) is 5.72. The predicted molar refractivity (Wildman–Crippen MR) is 88.4 cm³/mol. The van der Waals surface area contributed by atoms with Gasteiger partial charge in [0, 0.05) is 18.4 Å². The van der Waals surface area contributed by atoms with E-state index < -0.39 is 15.9 Å². The van der Waals surface area contributed by atoms with Crippen LogP contribution in [0.2, 0.25) is 0 Å². The molecule has 0 aromatic carbocycles. The summed E-state index contributed by atoms with van der Waals surface area (Å²) in [6.07, 6.45) is 10.6. The Morgan fingerprint density at radius 1 is 1.35 bits per heavy atom. The van der Waals surface area contributed by atoms with E-state index in [9.17, 15) is 13.2 Å². The van der Waals surface area contributed by atoms with E-state index in [4.69, 9.17) is 0 Å². The highest BCUT2D eigenvalue weighted by Gasteiger charge is 2.29. The van der Waals surface area contributed by atoms with Crippen molar-refractivity contribution in [2.75, 3.05) is 12.8 Å². The van der Waals surface area contributed by atoms with Crippen LogP contribution in [0, 0.1) is 0 Å². The second-order valence-corrected chi connectivity index (χ2v) is 7.61. The van der Waals surface area contributed by atoms with Gasteiger partial charge in [0.15, 0.2) is 0 Å². The van der Waals surface area contributed by atoms with Crippen LogP contribution in [0.25, 0.3) is 0 Å². The molecular weight excluding hydrogens is 316 g/mol. The number of aromatic nitrogens is 1. The van der Waals surface area contributed by atoms with Crippen molar-refractivity contribution in [1.29, 1.82) is 0 Å². The molecule has 1 aromatic heterocycles. The number of hydrazone groups is 1. The molecular formula is C15H22N4O3S. The first-order valence-corrected chi connectivity index (χ1v) is 9.50. The molecule has 1 heterocycles. The SMILES string of the molecule is CS(=O)(=O)N(CC(=O)N/N=C/c1ccncc1)C1CCCCC1. The molecule has 1 amide bonds. The summed E-state index contributed by atoms with van der Waals surface area (Å²) < 4.78 is 25.2. The second kappa shape index (κ2) is 8.16. The van der Waals surface area contributed by atoms with E-state index in [0.29, 0.717) is 0 Å². The van der Waals surface area contributed by atoms with Crippen molar-refractivity contribution in [2.45, 2.75) is 38.1 Å². The third-order valence-corrected chi connectivity index (χ3v) is 5.10. The molecule has 1 aliphatic carbocycles. The molecule has 1 fully saturated rings. The van der Waals surface area contributed by atoms with Gasteiger partial charge in [0.1, 0.15) is 0 Å². The van der Waals surface area contributed by atoms with Crippen LogP contribution in [0.4, 0.5) is 0 Å². The molecule has 1 aliphatic rings. The molecule has 0 unspecified atom stereocenters. The summed E-state index contributed by atoms with van der Waals surface area (Å²) in [5, 5.41) is 3.85. The van der Waals surface area contributed by atoms with Crippen LogP contribution >= 0.6 is 0 Å². The summed E-state index contributed by atoms with van der Waals surface area (Å²) in [6, 6.07) is 3.41. The Morgan fingerprint density at radius 3 is 2.61 bits per heavy atom. The molecule has 0 spiro atoms. The molecule has 0 bridgehead atoms. The Bertz CT molecular complexity index is 640. The number of rotatable bonds is 6. The van der Waals surface area contributed by atoms with Crippen LogP contribution in [0.5, 0.6) is 0 Å². The Morgan fingerprint density at radius 2 is 2.00 bits per heavy atom. The van der Waals surface area contributed by atoms with Crippen molar-refractivity contribution in [1.82, 2.24) is 14.7 Å². The molecule has 0 aliphatic heterocycles. The summed E-state index contributed by atoms with van der Waals surface area (Å²) >= 11 is 0. The lowest BCUT2D eigenvalue weighted by molar-refractivity contribution is -0.121. The quantitative estimate of drug-likeness (QED) is 0.621. The lowest BCUT2D eigenvalue weighted by atomic mass is 9.95. The number of sulfonamides is 1. The minimum atomic E-state index is -3.42. The van der Waals surface area contributed by atoms with E-state index in [2.05, 4.69) is 15.5 Å². The monoisotopic (exact) mass is 338 g/mol. The van der Waals surface area contributed by atoms with Crippen LogP contribution in [0.1, 0.15) is 37.7 Å². The molecule has 2 rings (SSSR count). The Balaban J connectivity index is 1.93. The zero-order valence-electron chi connectivity index (χ0n) is 13.2. The molecule has 7 nitrogen and oxygen atoms in total. The van der Waals surface area contributed by atoms with Crippen LogP contribution in [-0.2, 0) is 14.8 Å². The zero-order chi connectivity index (χ0) is 16.7. The van der Waals surface area contributed by atoms with Crippen LogP contribution < -0.4 is 5.43 Å². The predicted octanol–water partition coefficient (Wildman–Crippen LogP) is 1.13. The van der Waals surface area contributed by atoms with Crippen molar-refractivity contribution in [3.05, 3.63) is 30.1 Å². The number of carbonyl (C=O) groups is 1. The highest BCUT2D eigenvalue weighted by atomic mass is 32.2. The number of carbonyl (C=O) groups excluding carboxylic acids is 1. The fraction of sp³-hybridized carbons (Fsp3) is 0.533. The first kappa shape index (κ1) is 17.6. The van der Waals surface area contributed by atoms with Crippen molar-refractivity contribution in [3.8, 4) is 0 Å². The average molecular weight is 338 g/mol. The lowest BCUT2D eigenvalue weighted by Crippen LogP contribution is -2.45. The van der Waals surface area contributed by atoms with Crippen LogP contribution in [-0.4, -0.2) is 48.7 Å². The van der Waals surface area contributed by atoms with E-state index in [1.165, 1.54) is 10.5 Å². The maximum absolute atomic E-state index is 12.0. The van der Waals surface area contributed by atoms with Gasteiger partial charge in [-0.2, -0.15) is 9.41 Å². The zero-order valence-corrected chi connectivity index (χ0v) is 14.0. The van der Waals surface area contributed by atoms with Gasteiger partial charge in [-0.05, 0) is 30.5 Å². The second-order valence-electron chi connectivity index (χ2n) is 5.67. The van der Waals surface area contributed by atoms with Gasteiger partial charge in [-0.1, -0.05) is 19.3 Å².